The predicted molar refractivity (Wildman–Crippen MR) is 86.1 cm³/mol. The van der Waals surface area contributed by atoms with Gasteiger partial charge in [-0.25, -0.2) is 0 Å². The van der Waals surface area contributed by atoms with Gasteiger partial charge in [0.2, 0.25) is 5.91 Å². The molecular weight excluding hydrogens is 266 g/mol. The number of amides is 1. The van der Waals surface area contributed by atoms with Crippen LogP contribution in [0.15, 0.2) is 24.3 Å². The molecule has 2 atom stereocenters. The standard InChI is InChI=1S/C16H27N3O2/c1-5-19(12(2)11-21-4)13(3)16(20)18-15-8-6-7-14(9-15)10-17/h6-9,12-13H,5,10-11,17H2,1-4H3,(H,18,20). The van der Waals surface area contributed by atoms with Crippen molar-refractivity contribution in [3.8, 4) is 0 Å². The minimum absolute atomic E-state index is 0.0195. The van der Waals surface area contributed by atoms with Crippen molar-refractivity contribution in [1.82, 2.24) is 4.90 Å². The molecule has 0 fully saturated rings. The minimum Gasteiger partial charge on any atom is -0.383 e. The highest BCUT2D eigenvalue weighted by Gasteiger charge is 2.24. The van der Waals surface area contributed by atoms with Crippen molar-refractivity contribution >= 4 is 11.6 Å². The van der Waals surface area contributed by atoms with E-state index in [1.54, 1.807) is 7.11 Å². The summed E-state index contributed by atoms with van der Waals surface area (Å²) < 4.78 is 5.18. The molecule has 0 heterocycles. The van der Waals surface area contributed by atoms with Gasteiger partial charge in [-0.2, -0.15) is 0 Å². The fourth-order valence-corrected chi connectivity index (χ4v) is 2.48. The molecule has 5 heteroatoms. The molecule has 1 aromatic rings. The van der Waals surface area contributed by atoms with E-state index in [2.05, 4.69) is 17.1 Å². The van der Waals surface area contributed by atoms with Gasteiger partial charge in [-0.15, -0.1) is 0 Å². The third-order valence-corrected chi connectivity index (χ3v) is 3.65. The van der Waals surface area contributed by atoms with Gasteiger partial charge in [0.25, 0.3) is 0 Å². The average molecular weight is 293 g/mol. The second-order valence-corrected chi connectivity index (χ2v) is 5.20. The van der Waals surface area contributed by atoms with Crippen LogP contribution in [-0.2, 0) is 16.1 Å². The second-order valence-electron chi connectivity index (χ2n) is 5.20. The van der Waals surface area contributed by atoms with Gasteiger partial charge in [-0.1, -0.05) is 19.1 Å². The maximum Gasteiger partial charge on any atom is 0.241 e. The Labute approximate surface area is 127 Å². The zero-order chi connectivity index (χ0) is 15.8. The zero-order valence-electron chi connectivity index (χ0n) is 13.4. The molecule has 3 N–H and O–H groups in total. The molecule has 1 rings (SSSR count). The number of likely N-dealkylation sites (N-methyl/N-ethyl adjacent to an activating group) is 1. The summed E-state index contributed by atoms with van der Waals surface area (Å²) in [5, 5.41) is 2.95. The van der Waals surface area contributed by atoms with Gasteiger partial charge in [0, 0.05) is 25.4 Å². The Hall–Kier alpha value is -1.43. The summed E-state index contributed by atoms with van der Waals surface area (Å²) in [5.41, 5.74) is 7.40. The van der Waals surface area contributed by atoms with E-state index in [0.717, 1.165) is 17.8 Å². The van der Waals surface area contributed by atoms with Crippen molar-refractivity contribution in [1.29, 1.82) is 0 Å². The fraction of sp³-hybridized carbons (Fsp3) is 0.562. The molecule has 2 unspecified atom stereocenters. The highest BCUT2D eigenvalue weighted by molar-refractivity contribution is 5.94. The molecule has 0 spiro atoms. The van der Waals surface area contributed by atoms with Crippen LogP contribution in [0.1, 0.15) is 26.3 Å². The van der Waals surface area contributed by atoms with Crippen LogP contribution in [0.2, 0.25) is 0 Å². The predicted octanol–water partition coefficient (Wildman–Crippen LogP) is 1.83. The number of carbonyl (C=O) groups excluding carboxylic acids is 1. The SMILES string of the molecule is CCN(C(C)COC)C(C)C(=O)Nc1cccc(CN)c1. The van der Waals surface area contributed by atoms with E-state index >= 15 is 0 Å². The molecule has 1 aromatic carbocycles. The largest absolute Gasteiger partial charge is 0.383 e. The molecule has 5 nitrogen and oxygen atoms in total. The van der Waals surface area contributed by atoms with Crippen molar-refractivity contribution in [3.05, 3.63) is 29.8 Å². The third-order valence-electron chi connectivity index (χ3n) is 3.65. The van der Waals surface area contributed by atoms with Crippen LogP contribution >= 0.6 is 0 Å². The number of rotatable bonds is 8. The molecule has 21 heavy (non-hydrogen) atoms. The summed E-state index contributed by atoms with van der Waals surface area (Å²) in [6.45, 7) is 7.88. The Morgan fingerprint density at radius 2 is 2.14 bits per heavy atom. The highest BCUT2D eigenvalue weighted by Crippen LogP contribution is 2.13. The first-order valence-corrected chi connectivity index (χ1v) is 7.38. The number of anilines is 1. The number of nitrogens with two attached hydrogens (primary N) is 1. The van der Waals surface area contributed by atoms with Crippen molar-refractivity contribution < 1.29 is 9.53 Å². The Bertz CT molecular complexity index is 451. The molecule has 0 bridgehead atoms. The number of methoxy groups -OCH3 is 1. The van der Waals surface area contributed by atoms with E-state index in [0.29, 0.717) is 13.2 Å². The first-order valence-electron chi connectivity index (χ1n) is 7.38. The molecule has 0 saturated heterocycles. The van der Waals surface area contributed by atoms with E-state index in [-0.39, 0.29) is 18.0 Å². The number of nitrogens with zero attached hydrogens (tertiary/aromatic N) is 1. The van der Waals surface area contributed by atoms with Crippen LogP contribution in [0, 0.1) is 0 Å². The number of ether oxygens (including phenoxy) is 1. The van der Waals surface area contributed by atoms with Crippen LogP contribution in [0.5, 0.6) is 0 Å². The van der Waals surface area contributed by atoms with Gasteiger partial charge in [-0.05, 0) is 38.1 Å². The van der Waals surface area contributed by atoms with E-state index < -0.39 is 0 Å². The van der Waals surface area contributed by atoms with Gasteiger partial charge in [-0.3, -0.25) is 9.69 Å². The Balaban J connectivity index is 2.72. The number of benzene rings is 1. The monoisotopic (exact) mass is 293 g/mol. The Kier molecular flexibility index (Phi) is 7.36. The van der Waals surface area contributed by atoms with E-state index in [1.165, 1.54) is 0 Å². The van der Waals surface area contributed by atoms with Crippen LogP contribution < -0.4 is 11.1 Å². The maximum absolute atomic E-state index is 12.4. The molecule has 0 saturated carbocycles. The zero-order valence-corrected chi connectivity index (χ0v) is 13.4. The van der Waals surface area contributed by atoms with Crippen molar-refractivity contribution in [2.45, 2.75) is 39.4 Å². The first-order chi connectivity index (χ1) is 10.0. The third kappa shape index (κ3) is 5.12. The van der Waals surface area contributed by atoms with Gasteiger partial charge in [0.1, 0.15) is 0 Å². The highest BCUT2D eigenvalue weighted by atomic mass is 16.5. The van der Waals surface area contributed by atoms with Crippen molar-refractivity contribution in [2.75, 3.05) is 25.6 Å². The summed E-state index contributed by atoms with van der Waals surface area (Å²) >= 11 is 0. The number of hydrogen-bond donors (Lipinski definition) is 2. The number of hydrogen-bond acceptors (Lipinski definition) is 4. The minimum atomic E-state index is -0.221. The van der Waals surface area contributed by atoms with E-state index in [4.69, 9.17) is 10.5 Å². The van der Waals surface area contributed by atoms with Crippen molar-refractivity contribution in [3.63, 3.8) is 0 Å². The summed E-state index contributed by atoms with van der Waals surface area (Å²) in [7, 11) is 1.67. The molecule has 0 radical (unpaired) electrons. The van der Waals surface area contributed by atoms with Gasteiger partial charge >= 0.3 is 0 Å². The average Bonchev–Trinajstić information content (AvgIpc) is 2.48. The molecule has 0 aliphatic rings. The molecule has 0 aromatic heterocycles. The van der Waals surface area contributed by atoms with Crippen LogP contribution in [-0.4, -0.2) is 43.2 Å². The first kappa shape index (κ1) is 17.6. The smallest absolute Gasteiger partial charge is 0.241 e. The normalized spacial score (nSPS) is 14.0. The van der Waals surface area contributed by atoms with Crippen LogP contribution in [0.25, 0.3) is 0 Å². The number of nitrogens with one attached hydrogen (secondary N) is 1. The number of carbonyl (C=O) groups is 1. The topological polar surface area (TPSA) is 67.6 Å². The van der Waals surface area contributed by atoms with E-state index in [1.807, 2.05) is 38.1 Å². The Morgan fingerprint density at radius 1 is 1.43 bits per heavy atom. The molecule has 118 valence electrons. The lowest BCUT2D eigenvalue weighted by Crippen LogP contribution is -2.48. The van der Waals surface area contributed by atoms with Crippen LogP contribution in [0.4, 0.5) is 5.69 Å². The lowest BCUT2D eigenvalue weighted by molar-refractivity contribution is -0.121. The molecule has 0 aliphatic carbocycles. The quantitative estimate of drug-likeness (QED) is 0.767. The van der Waals surface area contributed by atoms with Gasteiger partial charge < -0.3 is 15.8 Å². The van der Waals surface area contributed by atoms with Crippen LogP contribution in [0.3, 0.4) is 0 Å². The van der Waals surface area contributed by atoms with E-state index in [9.17, 15) is 4.79 Å². The molecular formula is C16H27N3O2. The lowest BCUT2D eigenvalue weighted by Gasteiger charge is -2.32. The van der Waals surface area contributed by atoms with Crippen molar-refractivity contribution in [2.24, 2.45) is 5.73 Å². The summed E-state index contributed by atoms with van der Waals surface area (Å²) in [6, 6.07) is 7.59. The maximum atomic E-state index is 12.4. The Morgan fingerprint density at radius 3 is 2.71 bits per heavy atom. The summed E-state index contributed by atoms with van der Waals surface area (Å²) in [6.07, 6.45) is 0. The summed E-state index contributed by atoms with van der Waals surface area (Å²) in [4.78, 5) is 14.5. The van der Waals surface area contributed by atoms with Gasteiger partial charge in [0.05, 0.1) is 12.6 Å². The summed E-state index contributed by atoms with van der Waals surface area (Å²) in [5.74, 6) is -0.0195. The lowest BCUT2D eigenvalue weighted by atomic mass is 10.1. The molecule has 1 amide bonds. The van der Waals surface area contributed by atoms with Gasteiger partial charge in [0.15, 0.2) is 0 Å². The second kappa shape index (κ2) is 8.77. The molecule has 0 aliphatic heterocycles. The fourth-order valence-electron chi connectivity index (χ4n) is 2.48.